The number of carbonyl (C=O) groups is 2. The van der Waals surface area contributed by atoms with Crippen LogP contribution in [-0.2, 0) is 17.9 Å². The van der Waals surface area contributed by atoms with Gasteiger partial charge in [-0.2, -0.15) is 0 Å². The van der Waals surface area contributed by atoms with Crippen molar-refractivity contribution in [1.82, 2.24) is 15.2 Å². The second-order valence-electron chi connectivity index (χ2n) is 7.35. The monoisotopic (exact) mass is 367 g/mol. The zero-order valence-electron chi connectivity index (χ0n) is 15.5. The van der Waals surface area contributed by atoms with Crippen molar-refractivity contribution in [2.75, 3.05) is 13.2 Å². The highest BCUT2D eigenvalue weighted by Gasteiger charge is 2.28. The lowest BCUT2D eigenvalue weighted by Crippen LogP contribution is -2.30. The van der Waals surface area contributed by atoms with Gasteiger partial charge in [0.1, 0.15) is 5.69 Å². The second kappa shape index (κ2) is 7.56. The molecule has 1 aromatic carbocycles. The Hall–Kier alpha value is -2.60. The third kappa shape index (κ3) is 3.90. The Kier molecular flexibility index (Phi) is 4.99. The van der Waals surface area contributed by atoms with Crippen LogP contribution >= 0.6 is 0 Å². The quantitative estimate of drug-likeness (QED) is 0.824. The van der Waals surface area contributed by atoms with E-state index in [2.05, 4.69) is 10.6 Å². The molecular weight excluding hydrogens is 342 g/mol. The molecule has 1 saturated carbocycles. The van der Waals surface area contributed by atoms with Gasteiger partial charge in [-0.3, -0.25) is 9.59 Å². The fourth-order valence-electron chi connectivity index (χ4n) is 3.46. The number of hydrogen-bond acceptors (Lipinski definition) is 3. The van der Waals surface area contributed by atoms with E-state index >= 15 is 0 Å². The van der Waals surface area contributed by atoms with Gasteiger partial charge in [0.15, 0.2) is 0 Å². The number of aromatic nitrogens is 1. The van der Waals surface area contributed by atoms with Crippen molar-refractivity contribution < 1.29 is 14.3 Å². The number of amides is 2. The zero-order chi connectivity index (χ0) is 18.8. The molecule has 1 aliphatic carbocycles. The summed E-state index contributed by atoms with van der Waals surface area (Å²) in [4.78, 5) is 25.5. The van der Waals surface area contributed by atoms with Crippen LogP contribution in [0.1, 0.15) is 57.9 Å². The Morgan fingerprint density at radius 3 is 2.74 bits per heavy atom. The van der Waals surface area contributed by atoms with Crippen molar-refractivity contribution in [3.05, 3.63) is 58.9 Å². The Bertz CT molecular complexity index is 840. The first-order valence-electron chi connectivity index (χ1n) is 9.57. The molecule has 0 bridgehead atoms. The van der Waals surface area contributed by atoms with Gasteiger partial charge in [-0.15, -0.1) is 0 Å². The Morgan fingerprint density at radius 2 is 2.00 bits per heavy atom. The summed E-state index contributed by atoms with van der Waals surface area (Å²) >= 11 is 0. The highest BCUT2D eigenvalue weighted by molar-refractivity contribution is 6.00. The highest BCUT2D eigenvalue weighted by atomic mass is 16.5. The molecule has 0 radical (unpaired) electrons. The largest absolute Gasteiger partial charge is 0.373 e. The molecule has 142 valence electrons. The molecule has 2 N–H and O–H groups in total. The van der Waals surface area contributed by atoms with E-state index in [0.717, 1.165) is 11.3 Å². The summed E-state index contributed by atoms with van der Waals surface area (Å²) in [5.74, 6) is 0.324. The fraction of sp³-hybridized carbons (Fsp3) is 0.429. The van der Waals surface area contributed by atoms with E-state index in [1.807, 2.05) is 41.8 Å². The summed E-state index contributed by atoms with van der Waals surface area (Å²) in [6.07, 6.45) is 2.37. The first-order chi connectivity index (χ1) is 13.1. The summed E-state index contributed by atoms with van der Waals surface area (Å²) < 4.78 is 7.47. The molecule has 1 fully saturated rings. The van der Waals surface area contributed by atoms with Crippen LogP contribution in [0.3, 0.4) is 0 Å². The van der Waals surface area contributed by atoms with Crippen molar-refractivity contribution in [3.8, 4) is 0 Å². The van der Waals surface area contributed by atoms with Gasteiger partial charge in [0.05, 0.1) is 30.5 Å². The number of ether oxygens (including phenoxy) is 1. The van der Waals surface area contributed by atoms with Crippen LogP contribution in [0.15, 0.2) is 36.4 Å². The zero-order valence-corrected chi connectivity index (χ0v) is 15.5. The molecule has 0 spiro atoms. The van der Waals surface area contributed by atoms with Crippen LogP contribution in [0.2, 0.25) is 0 Å². The molecule has 2 aromatic rings. The molecule has 27 heavy (non-hydrogen) atoms. The van der Waals surface area contributed by atoms with Gasteiger partial charge in [-0.25, -0.2) is 0 Å². The van der Waals surface area contributed by atoms with Crippen LogP contribution in [0.25, 0.3) is 0 Å². The van der Waals surface area contributed by atoms with Crippen LogP contribution in [-0.4, -0.2) is 29.5 Å². The average molecular weight is 367 g/mol. The Morgan fingerprint density at radius 1 is 1.22 bits per heavy atom. The number of nitrogens with one attached hydrogen (secondary N) is 2. The van der Waals surface area contributed by atoms with Crippen LogP contribution in [0.4, 0.5) is 0 Å². The lowest BCUT2D eigenvalue weighted by Gasteiger charge is -2.20. The van der Waals surface area contributed by atoms with Gasteiger partial charge in [-0.1, -0.05) is 30.3 Å². The first kappa shape index (κ1) is 17.8. The molecule has 6 heteroatoms. The van der Waals surface area contributed by atoms with E-state index < -0.39 is 0 Å². The molecule has 1 aromatic heterocycles. The summed E-state index contributed by atoms with van der Waals surface area (Å²) in [7, 11) is 0. The summed E-state index contributed by atoms with van der Waals surface area (Å²) in [5.41, 5.74) is 2.88. The lowest BCUT2D eigenvalue weighted by molar-refractivity contribution is 0.0777. The van der Waals surface area contributed by atoms with Crippen molar-refractivity contribution in [2.45, 2.75) is 39.0 Å². The van der Waals surface area contributed by atoms with Gasteiger partial charge in [-0.05, 0) is 37.3 Å². The molecule has 1 atom stereocenters. The van der Waals surface area contributed by atoms with Gasteiger partial charge < -0.3 is 19.9 Å². The molecule has 2 aliphatic rings. The summed E-state index contributed by atoms with van der Waals surface area (Å²) in [6, 6.07) is 11.4. The van der Waals surface area contributed by atoms with Crippen LogP contribution < -0.4 is 10.6 Å². The van der Waals surface area contributed by atoms with Crippen molar-refractivity contribution in [3.63, 3.8) is 0 Å². The van der Waals surface area contributed by atoms with E-state index in [1.165, 1.54) is 12.8 Å². The van der Waals surface area contributed by atoms with Gasteiger partial charge in [0.25, 0.3) is 11.8 Å². The minimum absolute atomic E-state index is 0.111. The predicted octanol–water partition coefficient (Wildman–Crippen LogP) is 2.65. The first-order valence-corrected chi connectivity index (χ1v) is 9.57. The predicted molar refractivity (Wildman–Crippen MR) is 101 cm³/mol. The Labute approximate surface area is 158 Å². The van der Waals surface area contributed by atoms with Gasteiger partial charge in [0, 0.05) is 13.1 Å². The second-order valence-corrected chi connectivity index (χ2v) is 7.35. The Balaban J connectivity index is 1.54. The maximum atomic E-state index is 12.9. The van der Waals surface area contributed by atoms with E-state index in [-0.39, 0.29) is 17.9 Å². The maximum absolute atomic E-state index is 12.9. The van der Waals surface area contributed by atoms with Crippen molar-refractivity contribution in [1.29, 1.82) is 0 Å². The van der Waals surface area contributed by atoms with E-state index in [9.17, 15) is 9.59 Å². The molecule has 0 saturated heterocycles. The molecule has 6 nitrogen and oxygen atoms in total. The lowest BCUT2D eigenvalue weighted by atomic mass is 10.1. The molecular formula is C21H25N3O3. The standard InChI is InChI=1S/C21H25N3O3/c1-14(16-5-3-2-4-6-16)23-20(25)17-11-18(21(26)22-12-15-7-8-15)24-9-10-27-13-19(17)24/h2-6,11,14-15H,7-10,12-13H2,1H3,(H,22,26)(H,23,25)/t14-/m1/s1. The third-order valence-corrected chi connectivity index (χ3v) is 5.28. The topological polar surface area (TPSA) is 72.4 Å². The SMILES string of the molecule is C[C@@H](NC(=O)c1cc(C(=O)NCC2CC2)n2c1COCC2)c1ccccc1. The molecule has 2 heterocycles. The number of nitrogens with zero attached hydrogens (tertiary/aromatic N) is 1. The maximum Gasteiger partial charge on any atom is 0.267 e. The summed E-state index contributed by atoms with van der Waals surface area (Å²) in [5, 5.41) is 6.03. The van der Waals surface area contributed by atoms with Crippen LogP contribution in [0, 0.1) is 5.92 Å². The van der Waals surface area contributed by atoms with Gasteiger partial charge in [0.2, 0.25) is 0 Å². The normalized spacial score (nSPS) is 17.1. The fourth-order valence-corrected chi connectivity index (χ4v) is 3.46. The number of hydrogen-bond donors (Lipinski definition) is 2. The average Bonchev–Trinajstić information content (AvgIpc) is 3.45. The molecule has 4 rings (SSSR count). The number of rotatable bonds is 6. The van der Waals surface area contributed by atoms with E-state index in [4.69, 9.17) is 4.74 Å². The molecule has 0 unspecified atom stereocenters. The minimum atomic E-state index is -0.179. The molecule has 1 aliphatic heterocycles. The smallest absolute Gasteiger partial charge is 0.267 e. The van der Waals surface area contributed by atoms with Crippen molar-refractivity contribution >= 4 is 11.8 Å². The number of fused-ring (bicyclic) bond motifs is 1. The number of carbonyl (C=O) groups excluding carboxylic acids is 2. The van der Waals surface area contributed by atoms with E-state index in [0.29, 0.717) is 43.5 Å². The van der Waals surface area contributed by atoms with Crippen LogP contribution in [0.5, 0.6) is 0 Å². The van der Waals surface area contributed by atoms with Crippen molar-refractivity contribution in [2.24, 2.45) is 5.92 Å². The van der Waals surface area contributed by atoms with Gasteiger partial charge >= 0.3 is 0 Å². The van der Waals surface area contributed by atoms with E-state index in [1.54, 1.807) is 6.07 Å². The summed E-state index contributed by atoms with van der Waals surface area (Å²) in [6.45, 7) is 4.14. The number of benzene rings is 1. The highest BCUT2D eigenvalue weighted by Crippen LogP contribution is 2.28. The minimum Gasteiger partial charge on any atom is -0.373 e. The molecule has 2 amide bonds. The third-order valence-electron chi connectivity index (χ3n) is 5.28.